The molecule has 9 heteroatoms. The van der Waals surface area contributed by atoms with Crippen molar-refractivity contribution in [1.29, 1.82) is 0 Å². The number of hydrogen-bond donors (Lipinski definition) is 6. The van der Waals surface area contributed by atoms with Crippen LogP contribution in [-0.2, 0) is 6.42 Å². The molecule has 0 spiro atoms. The summed E-state index contributed by atoms with van der Waals surface area (Å²) >= 11 is 0. The minimum Gasteiger partial charge on any atom is -0.390 e. The van der Waals surface area contributed by atoms with E-state index in [0.717, 1.165) is 36.9 Å². The Morgan fingerprint density at radius 1 is 1.10 bits per heavy atom. The van der Waals surface area contributed by atoms with E-state index in [-0.39, 0.29) is 11.4 Å². The van der Waals surface area contributed by atoms with Crippen molar-refractivity contribution in [3.63, 3.8) is 0 Å². The number of benzene rings is 2. The lowest BCUT2D eigenvalue weighted by molar-refractivity contribution is 0.0812. The fourth-order valence-corrected chi connectivity index (χ4v) is 6.94. The predicted octanol–water partition coefficient (Wildman–Crippen LogP) is 6.28. The molecule has 2 unspecified atom stereocenters. The monoisotopic (exact) mass is 588 g/mol. The summed E-state index contributed by atoms with van der Waals surface area (Å²) in [6, 6.07) is 14.7. The van der Waals surface area contributed by atoms with Crippen molar-refractivity contribution in [3.8, 4) is 0 Å². The van der Waals surface area contributed by atoms with Crippen LogP contribution in [0.3, 0.4) is 0 Å². The largest absolute Gasteiger partial charge is 0.390 e. The molecule has 1 aliphatic rings. The minimum atomic E-state index is -2.94. The van der Waals surface area contributed by atoms with E-state index >= 15 is 0 Å². The zero-order chi connectivity index (χ0) is 30.0. The Bertz CT molecular complexity index is 1100. The first-order valence-corrected chi connectivity index (χ1v) is 16.8. The maximum atomic E-state index is 13.7. The number of carbonyl (C=O) groups excluding carboxylic acids is 1. The number of carbonyl (C=O) groups is 1. The number of nitrogens with one attached hydrogen (secondary N) is 3. The molecule has 1 heterocycles. The quantitative estimate of drug-likeness (QED) is 0.145. The van der Waals surface area contributed by atoms with E-state index < -0.39 is 22.9 Å². The van der Waals surface area contributed by atoms with E-state index in [4.69, 9.17) is 0 Å². The van der Waals surface area contributed by atoms with Crippen molar-refractivity contribution in [3.05, 3.63) is 59.7 Å². The molecule has 1 fully saturated rings. The van der Waals surface area contributed by atoms with Crippen LogP contribution in [0.1, 0.15) is 82.6 Å². The smallest absolute Gasteiger partial charge is 0.251 e. The summed E-state index contributed by atoms with van der Waals surface area (Å²) in [6.07, 6.45) is 4.58. The second-order valence-electron chi connectivity index (χ2n) is 12.3. The summed E-state index contributed by atoms with van der Waals surface area (Å²) in [7, 11) is -2.94. The first-order chi connectivity index (χ1) is 19.4. The van der Waals surface area contributed by atoms with Gasteiger partial charge in [-0.3, -0.25) is 18.2 Å². The van der Waals surface area contributed by atoms with Crippen molar-refractivity contribution in [2.24, 2.45) is 5.92 Å². The number of β-amino-alcohol motifs (C(OH)–C–C–N with tert-alkyl or cyclic N) is 1. The van der Waals surface area contributed by atoms with E-state index in [0.29, 0.717) is 49.0 Å². The van der Waals surface area contributed by atoms with Gasteiger partial charge < -0.3 is 21.1 Å². The Morgan fingerprint density at radius 2 is 1.83 bits per heavy atom. The topological polar surface area (TPSA) is 117 Å². The molecule has 0 bridgehead atoms. The Hall–Kier alpha value is -2.30. The third kappa shape index (κ3) is 10.5. The van der Waals surface area contributed by atoms with Crippen LogP contribution < -0.4 is 20.3 Å². The van der Waals surface area contributed by atoms with Gasteiger partial charge >= 0.3 is 0 Å². The number of nitrogens with zero attached hydrogens (tertiary/aromatic N) is 1. The van der Waals surface area contributed by atoms with Gasteiger partial charge in [-0.05, 0) is 76.1 Å². The van der Waals surface area contributed by atoms with Crippen LogP contribution in [0.25, 0.3) is 0 Å². The highest BCUT2D eigenvalue weighted by atomic mass is 32.3. The molecule has 3 rings (SSSR count). The first kappa shape index (κ1) is 33.2. The van der Waals surface area contributed by atoms with E-state index in [2.05, 4.69) is 43.6 Å². The Balaban J connectivity index is 1.80. The molecular weight excluding hydrogens is 536 g/mol. The Kier molecular flexibility index (Phi) is 12.4. The van der Waals surface area contributed by atoms with Crippen LogP contribution >= 0.6 is 10.8 Å². The summed E-state index contributed by atoms with van der Waals surface area (Å²) < 4.78 is 23.1. The van der Waals surface area contributed by atoms with Crippen molar-refractivity contribution in [2.75, 3.05) is 35.0 Å². The molecule has 0 aromatic heterocycles. The Morgan fingerprint density at radius 3 is 2.49 bits per heavy atom. The predicted molar refractivity (Wildman–Crippen MR) is 173 cm³/mol. The highest BCUT2D eigenvalue weighted by molar-refractivity contribution is 8.25. The lowest BCUT2D eigenvalue weighted by atomic mass is 9.93. The second-order valence-corrected chi connectivity index (χ2v) is 14.4. The molecule has 8 nitrogen and oxygen atoms in total. The lowest BCUT2D eigenvalue weighted by Gasteiger charge is -2.47. The molecule has 1 aliphatic heterocycles. The van der Waals surface area contributed by atoms with E-state index in [9.17, 15) is 19.0 Å². The van der Waals surface area contributed by atoms with Gasteiger partial charge in [-0.15, -0.1) is 10.8 Å². The van der Waals surface area contributed by atoms with Gasteiger partial charge in [0.1, 0.15) is 0 Å². The van der Waals surface area contributed by atoms with Crippen LogP contribution in [0.4, 0.5) is 11.4 Å². The van der Waals surface area contributed by atoms with Gasteiger partial charge in [0.15, 0.2) is 0 Å². The van der Waals surface area contributed by atoms with Gasteiger partial charge in [-0.25, -0.2) is 0 Å². The highest BCUT2D eigenvalue weighted by Crippen LogP contribution is 2.50. The SMILES string of the molecule is CCNc1cc(C(=O)NC(Cc2ccccc2)C(O)CNC(C)(C)CCCC(C)C)cc(N2CCCCS2(O)O)c1. The average molecular weight is 589 g/mol. The molecule has 0 radical (unpaired) electrons. The summed E-state index contributed by atoms with van der Waals surface area (Å²) in [5.74, 6) is 0.679. The van der Waals surface area contributed by atoms with Gasteiger partial charge in [0.2, 0.25) is 0 Å². The molecule has 0 saturated carbocycles. The fraction of sp³-hybridized carbons (Fsp3) is 0.594. The lowest BCUT2D eigenvalue weighted by Crippen LogP contribution is -2.52. The molecule has 230 valence electrons. The van der Waals surface area contributed by atoms with E-state index in [1.807, 2.05) is 43.3 Å². The zero-order valence-corrected chi connectivity index (χ0v) is 26.3. The van der Waals surface area contributed by atoms with Crippen LogP contribution in [0, 0.1) is 5.92 Å². The third-order valence-corrected chi connectivity index (χ3v) is 9.62. The van der Waals surface area contributed by atoms with Crippen molar-refractivity contribution >= 4 is 28.1 Å². The summed E-state index contributed by atoms with van der Waals surface area (Å²) in [6.45, 7) is 12.3. The standard InChI is InChI=1S/C32H52N4O4S/c1-6-33-27-20-26(21-28(22-27)36-17-10-11-18-41(36,39)40)31(38)35-29(19-25-14-8-7-9-15-25)30(37)23-34-32(4,5)16-12-13-24(2)3/h7-9,14-15,20-22,24,29-30,33-34,37,39-40H,6,10-13,16-19,23H2,1-5H3,(H,35,38). The second kappa shape index (κ2) is 15.3. The molecule has 0 aliphatic carbocycles. The maximum absolute atomic E-state index is 13.7. The number of rotatable bonds is 15. The molecule has 6 N–H and O–H groups in total. The van der Waals surface area contributed by atoms with Gasteiger partial charge in [0, 0.05) is 36.4 Å². The number of aliphatic hydroxyl groups excluding tert-OH is 1. The zero-order valence-electron chi connectivity index (χ0n) is 25.5. The van der Waals surface area contributed by atoms with Gasteiger partial charge in [0.05, 0.1) is 23.6 Å². The molecule has 1 saturated heterocycles. The van der Waals surface area contributed by atoms with Crippen molar-refractivity contribution in [2.45, 2.75) is 90.8 Å². The van der Waals surface area contributed by atoms with Crippen LogP contribution in [0.5, 0.6) is 0 Å². The first-order valence-electron chi connectivity index (χ1n) is 15.1. The minimum absolute atomic E-state index is 0.135. The molecule has 1 amide bonds. The molecule has 2 aromatic rings. The molecule has 41 heavy (non-hydrogen) atoms. The van der Waals surface area contributed by atoms with E-state index in [1.165, 1.54) is 6.42 Å². The molecule has 2 atom stereocenters. The summed E-state index contributed by atoms with van der Waals surface area (Å²) in [5.41, 5.74) is 2.65. The Labute approximate surface area is 248 Å². The molecular formula is C32H52N4O4S. The third-order valence-electron chi connectivity index (χ3n) is 7.68. The number of hydrogen-bond acceptors (Lipinski definition) is 7. The van der Waals surface area contributed by atoms with Gasteiger partial charge in [-0.1, -0.05) is 57.0 Å². The van der Waals surface area contributed by atoms with Crippen LogP contribution in [0.2, 0.25) is 0 Å². The normalized spacial score (nSPS) is 17.6. The van der Waals surface area contributed by atoms with Crippen LogP contribution in [0.15, 0.2) is 48.5 Å². The molecule has 2 aromatic carbocycles. The van der Waals surface area contributed by atoms with Gasteiger partial charge in [0.25, 0.3) is 5.91 Å². The maximum Gasteiger partial charge on any atom is 0.251 e. The van der Waals surface area contributed by atoms with Crippen molar-refractivity contribution in [1.82, 2.24) is 10.6 Å². The summed E-state index contributed by atoms with van der Waals surface area (Å²) in [5, 5.41) is 21.2. The number of aliphatic hydroxyl groups is 1. The number of anilines is 2. The fourth-order valence-electron chi connectivity index (χ4n) is 5.26. The van der Waals surface area contributed by atoms with E-state index in [1.54, 1.807) is 16.4 Å². The number of amides is 1. The average Bonchev–Trinajstić information content (AvgIpc) is 2.91. The summed E-state index contributed by atoms with van der Waals surface area (Å²) in [4.78, 5) is 13.7. The van der Waals surface area contributed by atoms with Gasteiger partial charge in [-0.2, -0.15) is 0 Å². The van der Waals surface area contributed by atoms with Crippen LogP contribution in [-0.4, -0.2) is 63.2 Å². The highest BCUT2D eigenvalue weighted by Gasteiger charge is 2.29. The van der Waals surface area contributed by atoms with Crippen molar-refractivity contribution < 1.29 is 19.0 Å².